The summed E-state index contributed by atoms with van der Waals surface area (Å²) in [5.74, 6) is 2.75. The zero-order valence-corrected chi connectivity index (χ0v) is 12.7. The second-order valence-electron chi connectivity index (χ2n) is 6.11. The molecule has 0 radical (unpaired) electrons. The third-order valence-corrected chi connectivity index (χ3v) is 4.61. The van der Waals surface area contributed by atoms with Crippen LogP contribution in [0.3, 0.4) is 0 Å². The van der Waals surface area contributed by atoms with E-state index < -0.39 is 0 Å². The van der Waals surface area contributed by atoms with Crippen molar-refractivity contribution in [1.82, 2.24) is 4.90 Å². The van der Waals surface area contributed by atoms with E-state index in [2.05, 4.69) is 45.3 Å². The molecule has 0 spiro atoms. The van der Waals surface area contributed by atoms with Crippen molar-refractivity contribution in [3.63, 3.8) is 0 Å². The summed E-state index contributed by atoms with van der Waals surface area (Å²) < 4.78 is 0. The van der Waals surface area contributed by atoms with E-state index in [-0.39, 0.29) is 0 Å². The van der Waals surface area contributed by atoms with Crippen molar-refractivity contribution >= 4 is 11.4 Å². The smallest absolute Gasteiger partial charge is 0.0602 e. The summed E-state index contributed by atoms with van der Waals surface area (Å²) in [7, 11) is 0. The maximum Gasteiger partial charge on any atom is 0.0602 e. The summed E-state index contributed by atoms with van der Waals surface area (Å²) in [5, 5.41) is 3.77. The largest absolute Gasteiger partial charge is 0.381 e. The number of piperidine rings is 1. The highest BCUT2D eigenvalue weighted by Gasteiger charge is 2.21. The standard InChI is InChI=1S/C18H25N3/c1-2-11-20-14-9-16(10-15-20)19-17-7-3-4-8-18(17)21-12-5-6-13-21/h1,3-4,7-8,16,19H,5-6,9-15H2. The van der Waals surface area contributed by atoms with Gasteiger partial charge in [0.15, 0.2) is 0 Å². The molecule has 3 heteroatoms. The van der Waals surface area contributed by atoms with Gasteiger partial charge in [0.05, 0.1) is 17.9 Å². The van der Waals surface area contributed by atoms with Crippen LogP contribution in [0.4, 0.5) is 11.4 Å². The number of hydrogen-bond donors (Lipinski definition) is 1. The zero-order chi connectivity index (χ0) is 14.5. The van der Waals surface area contributed by atoms with Crippen LogP contribution >= 0.6 is 0 Å². The Morgan fingerprint density at radius 1 is 1.10 bits per heavy atom. The van der Waals surface area contributed by atoms with Crippen LogP contribution in [0.15, 0.2) is 24.3 Å². The van der Waals surface area contributed by atoms with Crippen LogP contribution in [0.25, 0.3) is 0 Å². The lowest BCUT2D eigenvalue weighted by atomic mass is 10.0. The molecule has 112 valence electrons. The van der Waals surface area contributed by atoms with Crippen molar-refractivity contribution in [3.05, 3.63) is 24.3 Å². The highest BCUT2D eigenvalue weighted by atomic mass is 15.2. The van der Waals surface area contributed by atoms with Gasteiger partial charge in [0.1, 0.15) is 0 Å². The molecule has 2 fully saturated rings. The molecular weight excluding hydrogens is 258 g/mol. The van der Waals surface area contributed by atoms with Crippen LogP contribution in [0.2, 0.25) is 0 Å². The lowest BCUT2D eigenvalue weighted by Gasteiger charge is -2.33. The Bertz CT molecular complexity index is 491. The normalized spacial score (nSPS) is 20.4. The molecule has 2 heterocycles. The Hall–Kier alpha value is -1.66. The average molecular weight is 283 g/mol. The van der Waals surface area contributed by atoms with Crippen molar-refractivity contribution in [2.45, 2.75) is 31.7 Å². The quantitative estimate of drug-likeness (QED) is 0.857. The average Bonchev–Trinajstić information content (AvgIpc) is 3.04. The first-order chi connectivity index (χ1) is 10.4. The summed E-state index contributed by atoms with van der Waals surface area (Å²) in [6.07, 6.45) is 10.4. The molecule has 0 aromatic heterocycles. The Labute approximate surface area is 128 Å². The highest BCUT2D eigenvalue weighted by molar-refractivity contribution is 5.70. The number of benzene rings is 1. The number of nitrogens with zero attached hydrogens (tertiary/aromatic N) is 2. The number of anilines is 2. The van der Waals surface area contributed by atoms with Gasteiger partial charge in [0.25, 0.3) is 0 Å². The number of nitrogens with one attached hydrogen (secondary N) is 1. The van der Waals surface area contributed by atoms with E-state index in [1.165, 1.54) is 50.1 Å². The Kier molecular flexibility index (Phi) is 4.67. The summed E-state index contributed by atoms with van der Waals surface area (Å²) in [6.45, 7) is 5.39. The van der Waals surface area contributed by atoms with E-state index in [9.17, 15) is 0 Å². The van der Waals surface area contributed by atoms with Crippen molar-refractivity contribution in [2.24, 2.45) is 0 Å². The van der Waals surface area contributed by atoms with Gasteiger partial charge in [0, 0.05) is 32.2 Å². The predicted molar refractivity (Wildman–Crippen MR) is 89.8 cm³/mol. The maximum atomic E-state index is 5.39. The summed E-state index contributed by atoms with van der Waals surface area (Å²) in [5.41, 5.74) is 2.68. The van der Waals surface area contributed by atoms with Crippen molar-refractivity contribution in [3.8, 4) is 12.3 Å². The SMILES string of the molecule is C#CCN1CCC(Nc2ccccc2N2CCCC2)CC1. The molecular formula is C18H25N3. The Morgan fingerprint density at radius 3 is 2.52 bits per heavy atom. The molecule has 0 saturated carbocycles. The van der Waals surface area contributed by atoms with E-state index in [0.29, 0.717) is 6.04 Å². The van der Waals surface area contributed by atoms with Crippen LogP contribution in [0.1, 0.15) is 25.7 Å². The van der Waals surface area contributed by atoms with Crippen LogP contribution in [0, 0.1) is 12.3 Å². The van der Waals surface area contributed by atoms with Gasteiger partial charge in [-0.3, -0.25) is 4.90 Å². The summed E-state index contributed by atoms with van der Waals surface area (Å²) in [6, 6.07) is 9.33. The van der Waals surface area contributed by atoms with E-state index in [0.717, 1.165) is 19.6 Å². The Morgan fingerprint density at radius 2 is 1.81 bits per heavy atom. The van der Waals surface area contributed by atoms with Gasteiger partial charge in [-0.15, -0.1) is 6.42 Å². The van der Waals surface area contributed by atoms with Crippen molar-refractivity contribution in [1.29, 1.82) is 0 Å². The molecule has 1 N–H and O–H groups in total. The molecule has 3 rings (SSSR count). The zero-order valence-electron chi connectivity index (χ0n) is 12.7. The third-order valence-electron chi connectivity index (χ3n) is 4.61. The predicted octanol–water partition coefficient (Wildman–Crippen LogP) is 2.80. The molecule has 2 saturated heterocycles. The van der Waals surface area contributed by atoms with Crippen molar-refractivity contribution in [2.75, 3.05) is 42.9 Å². The second-order valence-corrected chi connectivity index (χ2v) is 6.11. The van der Waals surface area contributed by atoms with Gasteiger partial charge < -0.3 is 10.2 Å². The van der Waals surface area contributed by atoms with Gasteiger partial charge in [0.2, 0.25) is 0 Å². The van der Waals surface area contributed by atoms with Crippen LogP contribution in [-0.2, 0) is 0 Å². The van der Waals surface area contributed by atoms with Crippen molar-refractivity contribution < 1.29 is 0 Å². The number of terminal acetylenes is 1. The van der Waals surface area contributed by atoms with E-state index in [4.69, 9.17) is 6.42 Å². The molecule has 0 amide bonds. The first-order valence-corrected chi connectivity index (χ1v) is 8.13. The molecule has 0 atom stereocenters. The molecule has 0 bridgehead atoms. The number of likely N-dealkylation sites (tertiary alicyclic amines) is 1. The first kappa shape index (κ1) is 14.3. The lowest BCUT2D eigenvalue weighted by Crippen LogP contribution is -2.39. The second kappa shape index (κ2) is 6.87. The van der Waals surface area contributed by atoms with Gasteiger partial charge >= 0.3 is 0 Å². The van der Waals surface area contributed by atoms with E-state index in [1.54, 1.807) is 0 Å². The van der Waals surface area contributed by atoms with Crippen LogP contribution in [-0.4, -0.2) is 43.7 Å². The van der Waals surface area contributed by atoms with Gasteiger partial charge in [-0.25, -0.2) is 0 Å². The fourth-order valence-electron chi connectivity index (χ4n) is 3.41. The topological polar surface area (TPSA) is 18.5 Å². The van der Waals surface area contributed by atoms with E-state index >= 15 is 0 Å². The van der Waals surface area contributed by atoms with Gasteiger partial charge in [-0.1, -0.05) is 18.1 Å². The van der Waals surface area contributed by atoms with Crippen LogP contribution < -0.4 is 10.2 Å². The van der Waals surface area contributed by atoms with E-state index in [1.807, 2.05) is 0 Å². The van der Waals surface area contributed by atoms with Gasteiger partial charge in [-0.05, 0) is 37.8 Å². The fraction of sp³-hybridized carbons (Fsp3) is 0.556. The molecule has 2 aliphatic rings. The molecule has 21 heavy (non-hydrogen) atoms. The maximum absolute atomic E-state index is 5.39. The van der Waals surface area contributed by atoms with Crippen LogP contribution in [0.5, 0.6) is 0 Å². The highest BCUT2D eigenvalue weighted by Crippen LogP contribution is 2.30. The molecule has 2 aliphatic heterocycles. The number of para-hydroxylation sites is 2. The minimum atomic E-state index is 0.572. The number of rotatable bonds is 4. The lowest BCUT2D eigenvalue weighted by molar-refractivity contribution is 0.243. The molecule has 0 aliphatic carbocycles. The minimum absolute atomic E-state index is 0.572. The Balaban J connectivity index is 1.62. The first-order valence-electron chi connectivity index (χ1n) is 8.13. The molecule has 1 aromatic carbocycles. The third kappa shape index (κ3) is 3.51. The molecule has 3 nitrogen and oxygen atoms in total. The summed E-state index contributed by atoms with van der Waals surface area (Å²) >= 11 is 0. The monoisotopic (exact) mass is 283 g/mol. The fourth-order valence-corrected chi connectivity index (χ4v) is 3.41. The summed E-state index contributed by atoms with van der Waals surface area (Å²) in [4.78, 5) is 4.88. The number of hydrogen-bond acceptors (Lipinski definition) is 3. The molecule has 0 unspecified atom stereocenters. The molecule has 1 aromatic rings. The minimum Gasteiger partial charge on any atom is -0.381 e. The van der Waals surface area contributed by atoms with Gasteiger partial charge in [-0.2, -0.15) is 0 Å².